The Morgan fingerprint density at radius 3 is 2.83 bits per heavy atom. The summed E-state index contributed by atoms with van der Waals surface area (Å²) in [6.45, 7) is 1.65. The van der Waals surface area contributed by atoms with E-state index in [-0.39, 0.29) is 29.3 Å². The number of benzene rings is 1. The van der Waals surface area contributed by atoms with Crippen LogP contribution in [0.25, 0.3) is 0 Å². The number of ether oxygens (including phenoxy) is 1. The van der Waals surface area contributed by atoms with E-state index in [0.717, 1.165) is 0 Å². The van der Waals surface area contributed by atoms with Crippen LogP contribution in [0.1, 0.15) is 22.8 Å². The molecule has 0 spiro atoms. The van der Waals surface area contributed by atoms with Crippen molar-refractivity contribution in [3.05, 3.63) is 56.7 Å². The molecule has 2 aromatic rings. The van der Waals surface area contributed by atoms with Crippen LogP contribution in [0.4, 0.5) is 4.39 Å². The number of carbonyl (C=O) groups excluding carboxylic acids is 1. The van der Waals surface area contributed by atoms with Gasteiger partial charge >= 0.3 is 5.97 Å². The minimum Gasteiger partial charge on any atom is -0.462 e. The Balaban J connectivity index is 2.54. The molecule has 0 aliphatic heterocycles. The molecule has 122 valence electrons. The summed E-state index contributed by atoms with van der Waals surface area (Å²) in [6, 6.07) is 4.27. The summed E-state index contributed by atoms with van der Waals surface area (Å²) >= 11 is 7.21. The van der Waals surface area contributed by atoms with E-state index in [0.29, 0.717) is 5.16 Å². The van der Waals surface area contributed by atoms with E-state index >= 15 is 0 Å². The Kier molecular flexibility index (Phi) is 5.79. The van der Waals surface area contributed by atoms with Gasteiger partial charge in [0.1, 0.15) is 11.4 Å². The molecule has 8 heteroatoms. The maximum atomic E-state index is 14.0. The van der Waals surface area contributed by atoms with Gasteiger partial charge in [-0.25, -0.2) is 14.2 Å². The van der Waals surface area contributed by atoms with Crippen LogP contribution >= 0.6 is 23.4 Å². The van der Waals surface area contributed by atoms with Crippen LogP contribution in [0.5, 0.6) is 0 Å². The van der Waals surface area contributed by atoms with Crippen molar-refractivity contribution in [2.24, 2.45) is 0 Å². The van der Waals surface area contributed by atoms with Gasteiger partial charge in [0.15, 0.2) is 5.16 Å². The van der Waals surface area contributed by atoms with E-state index in [1.165, 1.54) is 40.7 Å². The van der Waals surface area contributed by atoms with E-state index in [4.69, 9.17) is 16.3 Å². The number of thioether (sulfide) groups is 1. The van der Waals surface area contributed by atoms with Crippen molar-refractivity contribution in [3.63, 3.8) is 0 Å². The van der Waals surface area contributed by atoms with Crippen molar-refractivity contribution in [2.45, 2.75) is 18.6 Å². The average Bonchev–Trinajstić information content (AvgIpc) is 2.52. The first-order valence-corrected chi connectivity index (χ1v) is 8.33. The van der Waals surface area contributed by atoms with Crippen molar-refractivity contribution in [3.8, 4) is 0 Å². The highest BCUT2D eigenvalue weighted by Gasteiger charge is 2.19. The fraction of sp³-hybridized carbons (Fsp3) is 0.267. The molecule has 2 rings (SSSR count). The molecule has 0 bridgehead atoms. The maximum Gasteiger partial charge on any atom is 0.345 e. The Morgan fingerprint density at radius 2 is 2.22 bits per heavy atom. The average molecular weight is 357 g/mol. The Bertz CT molecular complexity index is 775. The van der Waals surface area contributed by atoms with E-state index in [9.17, 15) is 14.0 Å². The number of halogens is 2. The van der Waals surface area contributed by atoms with Gasteiger partial charge in [0.05, 0.1) is 19.3 Å². The highest BCUT2D eigenvalue weighted by atomic mass is 35.5. The van der Waals surface area contributed by atoms with Crippen molar-refractivity contribution in [2.75, 3.05) is 12.9 Å². The third-order valence-corrected chi connectivity index (χ3v) is 4.11. The smallest absolute Gasteiger partial charge is 0.345 e. The summed E-state index contributed by atoms with van der Waals surface area (Å²) in [5.41, 5.74) is -0.631. The predicted octanol–water partition coefficient (Wildman–Crippen LogP) is 2.98. The van der Waals surface area contributed by atoms with Gasteiger partial charge in [-0.15, -0.1) is 0 Å². The molecular formula is C15H14ClFN2O3S. The molecule has 1 aromatic heterocycles. The second-order valence-electron chi connectivity index (χ2n) is 4.47. The van der Waals surface area contributed by atoms with Gasteiger partial charge in [-0.2, -0.15) is 0 Å². The van der Waals surface area contributed by atoms with Crippen LogP contribution < -0.4 is 5.56 Å². The first kappa shape index (κ1) is 17.5. The minimum absolute atomic E-state index is 0.124. The zero-order chi connectivity index (χ0) is 17.0. The largest absolute Gasteiger partial charge is 0.462 e. The van der Waals surface area contributed by atoms with Crippen molar-refractivity contribution in [1.82, 2.24) is 9.55 Å². The van der Waals surface area contributed by atoms with E-state index in [1.807, 2.05) is 0 Å². The summed E-state index contributed by atoms with van der Waals surface area (Å²) in [5.74, 6) is -1.29. The molecule has 0 saturated carbocycles. The standard InChI is InChI=1S/C15H14ClFN2O3S/c1-3-22-14(21)9-7-18-15(23-2)19(13(9)20)8-10-11(16)5-4-6-12(10)17/h4-7H,3,8H2,1-2H3. The van der Waals surface area contributed by atoms with Gasteiger partial charge in [0.25, 0.3) is 5.56 Å². The van der Waals surface area contributed by atoms with Crippen molar-refractivity contribution < 1.29 is 13.9 Å². The highest BCUT2D eigenvalue weighted by molar-refractivity contribution is 7.98. The van der Waals surface area contributed by atoms with Crippen molar-refractivity contribution >= 4 is 29.3 Å². The summed E-state index contributed by atoms with van der Waals surface area (Å²) < 4.78 is 20.0. The third-order valence-electron chi connectivity index (χ3n) is 3.07. The summed E-state index contributed by atoms with van der Waals surface area (Å²) in [6.07, 6.45) is 2.90. The molecule has 0 amide bonds. The first-order valence-electron chi connectivity index (χ1n) is 6.73. The van der Waals surface area contributed by atoms with Crippen LogP contribution in [0.15, 0.2) is 34.3 Å². The Hall–Kier alpha value is -1.86. The quantitative estimate of drug-likeness (QED) is 0.468. The van der Waals surface area contributed by atoms with E-state index in [2.05, 4.69) is 4.98 Å². The zero-order valence-electron chi connectivity index (χ0n) is 12.5. The van der Waals surface area contributed by atoms with Gasteiger partial charge in [-0.1, -0.05) is 29.4 Å². The van der Waals surface area contributed by atoms with Crippen molar-refractivity contribution in [1.29, 1.82) is 0 Å². The molecule has 5 nitrogen and oxygen atoms in total. The fourth-order valence-electron chi connectivity index (χ4n) is 1.97. The predicted molar refractivity (Wildman–Crippen MR) is 86.7 cm³/mol. The molecule has 1 heterocycles. The highest BCUT2D eigenvalue weighted by Crippen LogP contribution is 2.21. The molecule has 0 aliphatic rings. The van der Waals surface area contributed by atoms with Crippen LogP contribution in [-0.2, 0) is 11.3 Å². The first-order chi connectivity index (χ1) is 11.0. The molecule has 0 saturated heterocycles. The van der Waals surface area contributed by atoms with Gasteiger partial charge < -0.3 is 4.74 Å². The van der Waals surface area contributed by atoms with Crippen LogP contribution in [0, 0.1) is 5.82 Å². The number of aromatic nitrogens is 2. The summed E-state index contributed by atoms with van der Waals surface area (Å²) in [4.78, 5) is 28.4. The SMILES string of the molecule is CCOC(=O)c1cnc(SC)n(Cc2c(F)cccc2Cl)c1=O. The van der Waals surface area contributed by atoms with Gasteiger partial charge in [-0.3, -0.25) is 9.36 Å². The lowest BCUT2D eigenvalue weighted by atomic mass is 10.2. The number of nitrogens with zero attached hydrogens (tertiary/aromatic N) is 2. The topological polar surface area (TPSA) is 61.2 Å². The molecule has 0 radical (unpaired) electrons. The number of rotatable bonds is 5. The van der Waals surface area contributed by atoms with E-state index in [1.54, 1.807) is 13.2 Å². The summed E-state index contributed by atoms with van der Waals surface area (Å²) in [5, 5.41) is 0.549. The zero-order valence-corrected chi connectivity index (χ0v) is 14.1. The second kappa shape index (κ2) is 7.61. The lowest BCUT2D eigenvalue weighted by molar-refractivity contribution is 0.0522. The van der Waals surface area contributed by atoms with Crippen LogP contribution in [0.3, 0.4) is 0 Å². The molecule has 0 N–H and O–H groups in total. The third kappa shape index (κ3) is 3.73. The Morgan fingerprint density at radius 1 is 1.48 bits per heavy atom. The lowest BCUT2D eigenvalue weighted by Crippen LogP contribution is -2.30. The van der Waals surface area contributed by atoms with Gasteiger partial charge in [-0.05, 0) is 25.3 Å². The Labute approximate surface area is 141 Å². The van der Waals surface area contributed by atoms with Crippen LogP contribution in [-0.4, -0.2) is 28.4 Å². The van der Waals surface area contributed by atoms with Gasteiger partial charge in [0, 0.05) is 10.6 Å². The molecule has 0 aliphatic carbocycles. The number of esters is 1. The number of carbonyl (C=O) groups is 1. The molecule has 23 heavy (non-hydrogen) atoms. The molecule has 0 atom stereocenters. The maximum absolute atomic E-state index is 14.0. The number of hydrogen-bond donors (Lipinski definition) is 0. The molecule has 1 aromatic carbocycles. The molecule has 0 fully saturated rings. The normalized spacial score (nSPS) is 10.6. The summed E-state index contributed by atoms with van der Waals surface area (Å²) in [7, 11) is 0. The second-order valence-corrected chi connectivity index (χ2v) is 5.65. The van der Waals surface area contributed by atoms with E-state index < -0.39 is 17.3 Å². The van der Waals surface area contributed by atoms with Crippen LogP contribution in [0.2, 0.25) is 5.02 Å². The number of hydrogen-bond acceptors (Lipinski definition) is 5. The monoisotopic (exact) mass is 356 g/mol. The lowest BCUT2D eigenvalue weighted by Gasteiger charge is -2.13. The molecular weight excluding hydrogens is 343 g/mol. The molecule has 0 unspecified atom stereocenters. The van der Waals surface area contributed by atoms with Gasteiger partial charge in [0.2, 0.25) is 0 Å². The fourth-order valence-corrected chi connectivity index (χ4v) is 2.72. The minimum atomic E-state index is -0.758.